The van der Waals surface area contributed by atoms with Crippen molar-refractivity contribution in [3.05, 3.63) is 88.9 Å². The molecule has 1 saturated carbocycles. The Kier molecular flexibility index (Phi) is 8.72. The highest BCUT2D eigenvalue weighted by molar-refractivity contribution is 5.98. The number of ether oxygens (including phenoxy) is 1. The molecule has 2 aromatic carbocycles. The predicted octanol–water partition coefficient (Wildman–Crippen LogP) is 5.79. The zero-order chi connectivity index (χ0) is 33.6. The molecule has 3 heterocycles. The molecule has 0 radical (unpaired) electrons. The van der Waals surface area contributed by atoms with Crippen LogP contribution in [-0.2, 0) is 10.2 Å². The second-order valence-corrected chi connectivity index (χ2v) is 14.7. The summed E-state index contributed by atoms with van der Waals surface area (Å²) in [5.74, 6) is 1.93. The van der Waals surface area contributed by atoms with Gasteiger partial charge in [0.15, 0.2) is 11.5 Å². The number of amides is 2. The molecule has 48 heavy (non-hydrogen) atoms. The van der Waals surface area contributed by atoms with E-state index in [0.717, 1.165) is 61.4 Å². The van der Waals surface area contributed by atoms with E-state index in [4.69, 9.17) is 9.84 Å². The van der Waals surface area contributed by atoms with Crippen LogP contribution in [0.25, 0.3) is 5.65 Å². The van der Waals surface area contributed by atoms with Crippen LogP contribution in [0.5, 0.6) is 5.75 Å². The number of hydrogen-bond donors (Lipinski definition) is 3. The fourth-order valence-electron chi connectivity index (χ4n) is 7.67. The van der Waals surface area contributed by atoms with Gasteiger partial charge in [-0.25, -0.2) is 0 Å². The van der Waals surface area contributed by atoms with Gasteiger partial charge in [0, 0.05) is 23.7 Å². The molecule has 0 bridgehead atoms. The molecule has 3 N–H and O–H groups in total. The Bertz CT molecular complexity index is 1830. The number of nitrogens with one attached hydrogen (secondary N) is 2. The number of pyridine rings is 1. The van der Waals surface area contributed by atoms with E-state index >= 15 is 0 Å². The Hall–Kier alpha value is -4.28. The Balaban J connectivity index is 1.06. The summed E-state index contributed by atoms with van der Waals surface area (Å²) in [5.41, 5.74) is 5.12. The molecule has 2 aromatic heterocycles. The van der Waals surface area contributed by atoms with Crippen LogP contribution >= 0.6 is 0 Å². The highest BCUT2D eigenvalue weighted by Gasteiger charge is 2.49. The molecule has 2 aliphatic carbocycles. The molecule has 2 unspecified atom stereocenters. The standard InChI is InChI=1S/C38H46N6O4/c1-38(2,3)24-18-23(36(46)39-15-17-45)19-25(20-24)40-37(47)31-21-30(31)28-12-13-33(29-9-6-5-8-27(28)29)48-26-11-14-34-41-42-35(44(34)22-26)32-10-7-16-43(32)4/h5-6,8-9,11,14,18-20,22,28,30-33,45H,7,10,12-13,15-17,21H2,1-4H3,(H,39,46)(H,40,47)/t28-,30?,31?,32-,33+/m0/s1. The minimum Gasteiger partial charge on any atom is -0.484 e. The Morgan fingerprint density at radius 2 is 1.83 bits per heavy atom. The molecule has 2 fully saturated rings. The van der Waals surface area contributed by atoms with Gasteiger partial charge in [-0.3, -0.25) is 18.9 Å². The molecule has 10 heteroatoms. The van der Waals surface area contributed by atoms with Crippen molar-refractivity contribution in [3.8, 4) is 5.75 Å². The van der Waals surface area contributed by atoms with Crippen LogP contribution in [0.15, 0.2) is 60.8 Å². The molecule has 1 aliphatic heterocycles. The minimum atomic E-state index is -0.269. The smallest absolute Gasteiger partial charge is 0.251 e. The van der Waals surface area contributed by atoms with Crippen molar-refractivity contribution in [2.45, 2.75) is 76.4 Å². The first-order chi connectivity index (χ1) is 23.1. The van der Waals surface area contributed by atoms with Gasteiger partial charge < -0.3 is 20.5 Å². The first kappa shape index (κ1) is 32.3. The van der Waals surface area contributed by atoms with E-state index in [1.807, 2.05) is 30.5 Å². The van der Waals surface area contributed by atoms with Crippen LogP contribution in [0, 0.1) is 11.8 Å². The molecule has 7 rings (SSSR count). The maximum Gasteiger partial charge on any atom is 0.251 e. The molecule has 0 spiro atoms. The fourth-order valence-corrected chi connectivity index (χ4v) is 7.67. The Morgan fingerprint density at radius 1 is 1.02 bits per heavy atom. The van der Waals surface area contributed by atoms with Gasteiger partial charge in [0.05, 0.1) is 18.8 Å². The molecular formula is C38H46N6O4. The summed E-state index contributed by atoms with van der Waals surface area (Å²) in [6.07, 6.45) is 6.83. The van der Waals surface area contributed by atoms with Crippen molar-refractivity contribution in [3.63, 3.8) is 0 Å². The van der Waals surface area contributed by atoms with E-state index < -0.39 is 0 Å². The number of aliphatic hydroxyl groups is 1. The van der Waals surface area contributed by atoms with E-state index in [1.54, 1.807) is 6.07 Å². The van der Waals surface area contributed by atoms with Crippen molar-refractivity contribution >= 4 is 23.1 Å². The van der Waals surface area contributed by atoms with E-state index in [-0.39, 0.29) is 60.3 Å². The van der Waals surface area contributed by atoms with E-state index in [9.17, 15) is 9.59 Å². The van der Waals surface area contributed by atoms with Crippen LogP contribution in [0.3, 0.4) is 0 Å². The number of anilines is 1. The number of fused-ring (bicyclic) bond motifs is 2. The number of carbonyl (C=O) groups is 2. The number of rotatable bonds is 9. The van der Waals surface area contributed by atoms with Crippen molar-refractivity contribution in [2.75, 3.05) is 32.1 Å². The van der Waals surface area contributed by atoms with Crippen LogP contribution in [0.4, 0.5) is 5.69 Å². The van der Waals surface area contributed by atoms with Gasteiger partial charge in [-0.2, -0.15) is 0 Å². The number of aliphatic hydroxyl groups excluding tert-OH is 1. The lowest BCUT2D eigenvalue weighted by Crippen LogP contribution is -2.27. The summed E-state index contributed by atoms with van der Waals surface area (Å²) >= 11 is 0. The zero-order valence-corrected chi connectivity index (χ0v) is 28.3. The van der Waals surface area contributed by atoms with Crippen molar-refractivity contribution < 1.29 is 19.4 Å². The highest BCUT2D eigenvalue weighted by atomic mass is 16.5. The first-order valence-corrected chi connectivity index (χ1v) is 17.3. The number of likely N-dealkylation sites (tertiary alicyclic amines) is 1. The average molecular weight is 651 g/mol. The number of nitrogens with zero attached hydrogens (tertiary/aromatic N) is 4. The van der Waals surface area contributed by atoms with E-state index in [0.29, 0.717) is 11.3 Å². The second kappa shape index (κ2) is 13.0. The summed E-state index contributed by atoms with van der Waals surface area (Å²) in [4.78, 5) is 28.7. The molecule has 4 aromatic rings. The van der Waals surface area contributed by atoms with Crippen molar-refractivity contribution in [1.82, 2.24) is 24.8 Å². The lowest BCUT2D eigenvalue weighted by Gasteiger charge is -2.32. The lowest BCUT2D eigenvalue weighted by atomic mass is 9.78. The van der Waals surface area contributed by atoms with Gasteiger partial charge in [0.2, 0.25) is 5.91 Å². The third-order valence-electron chi connectivity index (χ3n) is 10.4. The summed E-state index contributed by atoms with van der Waals surface area (Å²) in [6.45, 7) is 7.35. The van der Waals surface area contributed by atoms with Crippen LogP contribution < -0.4 is 15.4 Å². The number of carbonyl (C=O) groups excluding carboxylic acids is 2. The Morgan fingerprint density at radius 3 is 2.58 bits per heavy atom. The molecule has 1 saturated heterocycles. The Labute approximate surface area is 281 Å². The second-order valence-electron chi connectivity index (χ2n) is 14.7. The molecule has 252 valence electrons. The summed E-state index contributed by atoms with van der Waals surface area (Å²) in [5, 5.41) is 24.0. The van der Waals surface area contributed by atoms with Gasteiger partial charge in [-0.05, 0) is 110 Å². The largest absolute Gasteiger partial charge is 0.484 e. The highest BCUT2D eigenvalue weighted by Crippen LogP contribution is 2.55. The maximum atomic E-state index is 13.6. The normalized spacial score (nSPS) is 23.9. The zero-order valence-electron chi connectivity index (χ0n) is 28.3. The summed E-state index contributed by atoms with van der Waals surface area (Å²) in [6, 6.07) is 18.3. The maximum absolute atomic E-state index is 13.6. The van der Waals surface area contributed by atoms with Gasteiger partial charge in [0.1, 0.15) is 11.9 Å². The monoisotopic (exact) mass is 650 g/mol. The number of aromatic nitrogens is 3. The molecular weight excluding hydrogens is 604 g/mol. The fraction of sp³-hybridized carbons (Fsp3) is 0.474. The van der Waals surface area contributed by atoms with Crippen LogP contribution in [-0.4, -0.2) is 63.2 Å². The van der Waals surface area contributed by atoms with E-state index in [1.165, 1.54) is 11.1 Å². The van der Waals surface area contributed by atoms with Crippen molar-refractivity contribution in [1.29, 1.82) is 0 Å². The third kappa shape index (κ3) is 6.43. The SMILES string of the molecule is CN1CCC[C@H]1c1nnc2ccc(O[C@@H]3CC[C@H](C4CC4C(=O)Nc4cc(C(=O)NCCO)cc(C(C)(C)C)c4)c4ccccc43)cn12. The molecule has 5 atom stereocenters. The third-order valence-corrected chi connectivity index (χ3v) is 10.4. The van der Waals surface area contributed by atoms with Gasteiger partial charge in [-0.1, -0.05) is 45.0 Å². The quantitative estimate of drug-likeness (QED) is 0.210. The van der Waals surface area contributed by atoms with Gasteiger partial charge >= 0.3 is 0 Å². The van der Waals surface area contributed by atoms with Gasteiger partial charge in [0.25, 0.3) is 5.91 Å². The van der Waals surface area contributed by atoms with Gasteiger partial charge in [-0.15, -0.1) is 10.2 Å². The topological polar surface area (TPSA) is 121 Å². The predicted molar refractivity (Wildman–Crippen MR) is 184 cm³/mol. The number of benzene rings is 2. The number of hydrogen-bond acceptors (Lipinski definition) is 7. The minimum absolute atomic E-state index is 0.00501. The molecule has 10 nitrogen and oxygen atoms in total. The molecule has 2 amide bonds. The van der Waals surface area contributed by atoms with Crippen LogP contribution in [0.2, 0.25) is 0 Å². The van der Waals surface area contributed by atoms with Crippen molar-refractivity contribution in [2.24, 2.45) is 11.8 Å². The van der Waals surface area contributed by atoms with Crippen LogP contribution in [0.1, 0.15) is 104 Å². The van der Waals surface area contributed by atoms with E-state index in [2.05, 4.69) is 82.2 Å². The average Bonchev–Trinajstić information content (AvgIpc) is 3.59. The lowest BCUT2D eigenvalue weighted by molar-refractivity contribution is -0.117. The molecule has 3 aliphatic rings. The summed E-state index contributed by atoms with van der Waals surface area (Å²) in [7, 11) is 2.14. The first-order valence-electron chi connectivity index (χ1n) is 17.3. The summed E-state index contributed by atoms with van der Waals surface area (Å²) < 4.78 is 8.76.